The van der Waals surface area contributed by atoms with Crippen molar-refractivity contribution in [1.29, 1.82) is 0 Å². The Morgan fingerprint density at radius 1 is 1.10 bits per heavy atom. The quantitative estimate of drug-likeness (QED) is 0.313. The lowest BCUT2D eigenvalue weighted by molar-refractivity contribution is 0.0478. The fourth-order valence-corrected chi connectivity index (χ4v) is 6.10. The number of hydrogen-bond acceptors (Lipinski definition) is 8. The third-order valence-electron chi connectivity index (χ3n) is 8.41. The molecule has 4 aromatic rings. The highest BCUT2D eigenvalue weighted by Gasteiger charge is 2.25. The van der Waals surface area contributed by atoms with Crippen LogP contribution in [0.2, 0.25) is 0 Å². The molecule has 2 aliphatic heterocycles. The van der Waals surface area contributed by atoms with Gasteiger partial charge >= 0.3 is 5.69 Å². The number of likely N-dealkylation sites (tertiary alicyclic amines) is 1. The second-order valence-corrected chi connectivity index (χ2v) is 11.1. The Morgan fingerprint density at radius 2 is 1.93 bits per heavy atom. The number of pyridine rings is 1. The first-order valence-corrected chi connectivity index (χ1v) is 14.3. The number of rotatable bonds is 9. The van der Waals surface area contributed by atoms with Crippen molar-refractivity contribution in [3.8, 4) is 11.1 Å². The maximum absolute atomic E-state index is 13.3. The van der Waals surface area contributed by atoms with E-state index in [0.717, 1.165) is 72.3 Å². The summed E-state index contributed by atoms with van der Waals surface area (Å²) in [6.07, 6.45) is 4.61. The Labute approximate surface area is 233 Å². The van der Waals surface area contributed by atoms with Gasteiger partial charge < -0.3 is 19.1 Å². The second kappa shape index (κ2) is 11.7. The smallest absolute Gasteiger partial charge is 0.330 e. The van der Waals surface area contributed by atoms with Gasteiger partial charge in [-0.2, -0.15) is 0 Å². The van der Waals surface area contributed by atoms with Crippen LogP contribution in [0.1, 0.15) is 44.0 Å². The van der Waals surface area contributed by atoms with E-state index in [2.05, 4.69) is 34.2 Å². The zero-order valence-corrected chi connectivity index (χ0v) is 23.6. The van der Waals surface area contributed by atoms with Gasteiger partial charge in [-0.25, -0.2) is 4.79 Å². The topological polar surface area (TPSA) is 96.5 Å². The van der Waals surface area contributed by atoms with E-state index in [0.29, 0.717) is 31.4 Å². The van der Waals surface area contributed by atoms with Crippen molar-refractivity contribution < 1.29 is 14.2 Å². The number of fused-ring (bicyclic) bond motifs is 3. The van der Waals surface area contributed by atoms with Crippen molar-refractivity contribution >= 4 is 22.1 Å². The highest BCUT2D eigenvalue weighted by atomic mass is 16.5. The molecule has 40 heavy (non-hydrogen) atoms. The van der Waals surface area contributed by atoms with E-state index in [4.69, 9.17) is 19.2 Å². The van der Waals surface area contributed by atoms with E-state index in [9.17, 15) is 4.79 Å². The first-order valence-electron chi connectivity index (χ1n) is 14.3. The molecular weight excluding hydrogens is 508 g/mol. The number of nitrogens with zero attached hydrogens (tertiary/aromatic N) is 6. The summed E-state index contributed by atoms with van der Waals surface area (Å²) in [5, 5.41) is 9.75. The van der Waals surface area contributed by atoms with Gasteiger partial charge in [-0.05, 0) is 62.4 Å². The fraction of sp³-hybridized carbons (Fsp3) is 0.533. The largest absolute Gasteiger partial charge is 0.384 e. The van der Waals surface area contributed by atoms with Crippen molar-refractivity contribution in [3.63, 3.8) is 0 Å². The average molecular weight is 547 g/mol. The second-order valence-electron chi connectivity index (χ2n) is 11.1. The number of aromatic nitrogens is 5. The number of imidazole rings is 1. The first-order chi connectivity index (χ1) is 19.5. The van der Waals surface area contributed by atoms with Gasteiger partial charge in [-0.3, -0.25) is 14.1 Å². The monoisotopic (exact) mass is 546 g/mol. The maximum atomic E-state index is 13.3. The lowest BCUT2D eigenvalue weighted by Gasteiger charge is -2.23. The molecule has 2 saturated heterocycles. The fourth-order valence-electron chi connectivity index (χ4n) is 6.10. The minimum atomic E-state index is -0.0869. The molecule has 3 aromatic heterocycles. The van der Waals surface area contributed by atoms with Crippen LogP contribution < -0.4 is 5.69 Å². The summed E-state index contributed by atoms with van der Waals surface area (Å²) in [5.74, 6) is 0.631. The van der Waals surface area contributed by atoms with Gasteiger partial charge in [0.2, 0.25) is 0 Å². The van der Waals surface area contributed by atoms with E-state index in [1.165, 1.54) is 6.42 Å². The average Bonchev–Trinajstić information content (AvgIpc) is 3.54. The van der Waals surface area contributed by atoms with Gasteiger partial charge in [0.25, 0.3) is 0 Å². The Morgan fingerprint density at radius 3 is 2.70 bits per heavy atom. The van der Waals surface area contributed by atoms with E-state index in [1.54, 1.807) is 18.7 Å². The molecule has 0 N–H and O–H groups in total. The van der Waals surface area contributed by atoms with Gasteiger partial charge in [-0.1, -0.05) is 12.1 Å². The summed E-state index contributed by atoms with van der Waals surface area (Å²) in [6.45, 7) is 7.99. The predicted molar refractivity (Wildman–Crippen MR) is 153 cm³/mol. The van der Waals surface area contributed by atoms with Gasteiger partial charge in [0.1, 0.15) is 5.52 Å². The van der Waals surface area contributed by atoms with Crippen LogP contribution in [0.25, 0.3) is 33.2 Å². The van der Waals surface area contributed by atoms with Crippen molar-refractivity contribution in [1.82, 2.24) is 29.2 Å². The van der Waals surface area contributed by atoms with Crippen LogP contribution >= 0.6 is 0 Å². The Hall–Kier alpha value is -3.18. The molecule has 2 atom stereocenters. The first kappa shape index (κ1) is 27.0. The van der Waals surface area contributed by atoms with Crippen molar-refractivity contribution in [2.24, 2.45) is 13.0 Å². The highest BCUT2D eigenvalue weighted by Crippen LogP contribution is 2.31. The van der Waals surface area contributed by atoms with Gasteiger partial charge in [-0.15, -0.1) is 10.2 Å². The van der Waals surface area contributed by atoms with Crippen molar-refractivity contribution in [3.05, 3.63) is 52.7 Å². The van der Waals surface area contributed by atoms with Crippen LogP contribution in [0.4, 0.5) is 0 Å². The molecule has 10 nitrogen and oxygen atoms in total. The van der Waals surface area contributed by atoms with E-state index in [-0.39, 0.29) is 17.8 Å². The van der Waals surface area contributed by atoms with Gasteiger partial charge in [0, 0.05) is 63.6 Å². The summed E-state index contributed by atoms with van der Waals surface area (Å²) in [6, 6.07) is 10.3. The molecule has 6 rings (SSSR count). The van der Waals surface area contributed by atoms with Crippen molar-refractivity contribution in [2.75, 3.05) is 53.2 Å². The molecule has 0 saturated carbocycles. The van der Waals surface area contributed by atoms with E-state index >= 15 is 0 Å². The Bertz CT molecular complexity index is 1530. The number of benzene rings is 1. The number of hydrogen-bond donors (Lipinski definition) is 0. The summed E-state index contributed by atoms with van der Waals surface area (Å²) in [5.41, 5.74) is 5.07. The third-order valence-corrected chi connectivity index (χ3v) is 8.41. The zero-order chi connectivity index (χ0) is 27.6. The lowest BCUT2D eigenvalue weighted by atomic mass is 10.0. The van der Waals surface area contributed by atoms with Gasteiger partial charge in [0.05, 0.1) is 30.5 Å². The van der Waals surface area contributed by atoms with Crippen LogP contribution in [0.15, 0.2) is 41.3 Å². The van der Waals surface area contributed by atoms with Crippen LogP contribution in [-0.2, 0) is 21.3 Å². The van der Waals surface area contributed by atoms with Crippen LogP contribution in [0.3, 0.4) is 0 Å². The number of methoxy groups -OCH3 is 1. The van der Waals surface area contributed by atoms with E-state index in [1.807, 2.05) is 29.0 Å². The summed E-state index contributed by atoms with van der Waals surface area (Å²) in [4.78, 5) is 20.4. The highest BCUT2D eigenvalue weighted by molar-refractivity contribution is 6.02. The molecule has 10 heteroatoms. The summed E-state index contributed by atoms with van der Waals surface area (Å²) < 4.78 is 20.5. The minimum Gasteiger partial charge on any atom is -0.384 e. The molecule has 5 heterocycles. The molecule has 0 unspecified atom stereocenters. The molecule has 0 amide bonds. The number of ether oxygens (including phenoxy) is 3. The summed E-state index contributed by atoms with van der Waals surface area (Å²) >= 11 is 0. The Kier molecular flexibility index (Phi) is 7.93. The molecule has 0 bridgehead atoms. The van der Waals surface area contributed by atoms with E-state index < -0.39 is 0 Å². The van der Waals surface area contributed by atoms with Crippen molar-refractivity contribution in [2.45, 2.75) is 38.3 Å². The van der Waals surface area contributed by atoms with Gasteiger partial charge in [0.15, 0.2) is 5.65 Å². The molecule has 1 aromatic carbocycles. The third kappa shape index (κ3) is 5.28. The molecule has 0 aliphatic carbocycles. The minimum absolute atomic E-state index is 0.0614. The standard InChI is InChI=1S/C30H38N6O4/c1-20(40-15-12-35-11-8-21(18-35)19-38-3)26-6-5-23(17-31-26)22-4-7-27-25(16-22)28-29(33-32-27)34(2)30(37)36(28)24-9-13-39-14-10-24/h4-7,16-17,20-21,24H,8-15,18-19H2,1-3H3/t20-,21-/m1/s1. The number of aryl methyl sites for hydroxylation is 1. The molecule has 2 aliphatic rings. The molecule has 212 valence electrons. The molecular formula is C30H38N6O4. The summed E-state index contributed by atoms with van der Waals surface area (Å²) in [7, 11) is 3.54. The molecule has 0 spiro atoms. The molecule has 2 fully saturated rings. The maximum Gasteiger partial charge on any atom is 0.330 e. The van der Waals surface area contributed by atoms with Crippen LogP contribution in [-0.4, -0.2) is 82.4 Å². The SMILES string of the molecule is COC[C@@H]1CCN(CCO[C@H](C)c2ccc(-c3ccc4nnc5c(c4c3)n(C3CCOCC3)c(=O)n5C)cn2)C1. The normalized spacial score (nSPS) is 19.6. The lowest BCUT2D eigenvalue weighted by Crippen LogP contribution is -2.29. The molecule has 0 radical (unpaired) electrons. The predicted octanol–water partition coefficient (Wildman–Crippen LogP) is 3.74. The Balaban J connectivity index is 1.20. The zero-order valence-electron chi connectivity index (χ0n) is 23.6. The van der Waals surface area contributed by atoms with Crippen LogP contribution in [0, 0.1) is 5.92 Å². The van der Waals surface area contributed by atoms with Crippen LogP contribution in [0.5, 0.6) is 0 Å².